The summed E-state index contributed by atoms with van der Waals surface area (Å²) in [6.45, 7) is 0.111. The summed E-state index contributed by atoms with van der Waals surface area (Å²) in [5.41, 5.74) is 0. The zero-order valence-corrected chi connectivity index (χ0v) is 10.7. The minimum Gasteiger partial charge on any atom is -0.483 e. The van der Waals surface area contributed by atoms with Crippen molar-refractivity contribution in [2.75, 3.05) is 0 Å². The Morgan fingerprint density at radius 2 is 2.32 bits per heavy atom. The van der Waals surface area contributed by atoms with E-state index in [1.165, 1.54) is 0 Å². The van der Waals surface area contributed by atoms with Crippen molar-refractivity contribution in [3.8, 4) is 10.7 Å². The van der Waals surface area contributed by atoms with Crippen LogP contribution in [0.15, 0.2) is 29.9 Å². The minimum absolute atomic E-state index is 0.00899. The van der Waals surface area contributed by atoms with Crippen molar-refractivity contribution in [2.24, 2.45) is 5.92 Å². The van der Waals surface area contributed by atoms with Gasteiger partial charge in [-0.05, 0) is 11.4 Å². The third kappa shape index (κ3) is 3.17. The van der Waals surface area contributed by atoms with E-state index in [-0.39, 0.29) is 12.9 Å². The lowest BCUT2D eigenvalue weighted by atomic mass is 10.4. The molecule has 0 aromatic carbocycles. The van der Waals surface area contributed by atoms with Crippen molar-refractivity contribution >= 4 is 17.8 Å². The molecule has 0 saturated heterocycles. The first kappa shape index (κ1) is 13.7. The number of hydrogen-bond acceptors (Lipinski definition) is 3. The van der Waals surface area contributed by atoms with Gasteiger partial charge in [-0.1, -0.05) is 6.07 Å². The third-order valence-corrected chi connectivity index (χ3v) is 3.70. The molecule has 1 fully saturated rings. The second kappa shape index (κ2) is 5.48. The number of aromatic nitrogens is 2. The Labute approximate surface area is 112 Å². The maximum Gasteiger partial charge on any atom is 0.290 e. The number of alkyl halides is 2. The summed E-state index contributed by atoms with van der Waals surface area (Å²) < 4.78 is 27.5. The molecule has 2 aromatic rings. The molecule has 0 radical (unpaired) electrons. The smallest absolute Gasteiger partial charge is 0.290 e. The van der Waals surface area contributed by atoms with E-state index in [2.05, 4.69) is 4.98 Å². The lowest BCUT2D eigenvalue weighted by molar-refractivity contribution is -0.122. The summed E-state index contributed by atoms with van der Waals surface area (Å²) in [5.74, 6) is -2.19. The third-order valence-electron chi connectivity index (χ3n) is 2.83. The van der Waals surface area contributed by atoms with Gasteiger partial charge in [-0.3, -0.25) is 4.79 Å². The van der Waals surface area contributed by atoms with Gasteiger partial charge in [-0.15, -0.1) is 11.3 Å². The Kier molecular flexibility index (Phi) is 3.94. The van der Waals surface area contributed by atoms with Gasteiger partial charge in [-0.25, -0.2) is 13.8 Å². The van der Waals surface area contributed by atoms with Gasteiger partial charge in [0.05, 0.1) is 4.88 Å². The molecule has 1 unspecified atom stereocenters. The van der Waals surface area contributed by atoms with Crippen molar-refractivity contribution in [2.45, 2.75) is 18.9 Å². The van der Waals surface area contributed by atoms with Gasteiger partial charge in [0.15, 0.2) is 0 Å². The molecule has 2 aromatic heterocycles. The monoisotopic (exact) mass is 286 g/mol. The van der Waals surface area contributed by atoms with E-state index in [9.17, 15) is 8.78 Å². The summed E-state index contributed by atoms with van der Waals surface area (Å²) in [6.07, 6.45) is 3.44. The lowest BCUT2D eigenvalue weighted by Crippen LogP contribution is -2.05. The van der Waals surface area contributed by atoms with Crippen LogP contribution in [0.5, 0.6) is 0 Å². The van der Waals surface area contributed by atoms with Gasteiger partial charge in [0, 0.05) is 31.3 Å². The van der Waals surface area contributed by atoms with Crippen molar-refractivity contribution in [1.29, 1.82) is 0 Å². The molecule has 3 rings (SSSR count). The largest absolute Gasteiger partial charge is 0.483 e. The van der Waals surface area contributed by atoms with Gasteiger partial charge < -0.3 is 9.67 Å². The summed E-state index contributed by atoms with van der Waals surface area (Å²) >= 11 is 1.57. The van der Waals surface area contributed by atoms with Crippen LogP contribution < -0.4 is 0 Å². The second-order valence-corrected chi connectivity index (χ2v) is 5.10. The van der Waals surface area contributed by atoms with E-state index >= 15 is 0 Å². The highest BCUT2D eigenvalue weighted by Crippen LogP contribution is 2.49. The zero-order valence-electron chi connectivity index (χ0n) is 9.87. The molecule has 7 heteroatoms. The number of carbonyl (C=O) groups is 1. The molecular formula is C12H12F2N2O2S. The van der Waals surface area contributed by atoms with Crippen molar-refractivity contribution in [1.82, 2.24) is 9.55 Å². The normalized spacial score (nSPS) is 19.4. The van der Waals surface area contributed by atoms with Crippen LogP contribution >= 0.6 is 11.3 Å². The molecule has 1 saturated carbocycles. The van der Waals surface area contributed by atoms with Crippen molar-refractivity contribution in [3.05, 3.63) is 29.9 Å². The molecular weight excluding hydrogens is 274 g/mol. The molecule has 19 heavy (non-hydrogen) atoms. The molecule has 2 heterocycles. The van der Waals surface area contributed by atoms with Gasteiger partial charge in [0.1, 0.15) is 5.82 Å². The average Bonchev–Trinajstić information content (AvgIpc) is 2.82. The first-order valence-electron chi connectivity index (χ1n) is 5.59. The number of hydrogen-bond donors (Lipinski definition) is 1. The number of imidazole rings is 1. The Hall–Kier alpha value is -1.76. The molecule has 0 aliphatic heterocycles. The first-order chi connectivity index (χ1) is 9.08. The summed E-state index contributed by atoms with van der Waals surface area (Å²) in [5, 5.41) is 8.85. The highest BCUT2D eigenvalue weighted by Gasteiger charge is 2.56. The van der Waals surface area contributed by atoms with Crippen LogP contribution in [0.1, 0.15) is 6.42 Å². The highest BCUT2D eigenvalue weighted by molar-refractivity contribution is 7.13. The van der Waals surface area contributed by atoms with Crippen LogP contribution in [-0.2, 0) is 11.3 Å². The van der Waals surface area contributed by atoms with E-state index < -0.39 is 11.8 Å². The Bertz CT molecular complexity index is 540. The molecule has 4 nitrogen and oxygen atoms in total. The van der Waals surface area contributed by atoms with E-state index in [1.807, 2.05) is 22.1 Å². The number of halogens is 2. The molecule has 1 aliphatic carbocycles. The molecule has 1 aliphatic rings. The molecule has 0 amide bonds. The number of rotatable bonds is 3. The lowest BCUT2D eigenvalue weighted by Gasteiger charge is -2.05. The average molecular weight is 286 g/mol. The minimum atomic E-state index is -2.46. The fourth-order valence-electron chi connectivity index (χ4n) is 1.79. The Balaban J connectivity index is 0.000000408. The van der Waals surface area contributed by atoms with Crippen LogP contribution in [0.3, 0.4) is 0 Å². The number of carboxylic acid groups (broad SMARTS) is 1. The maximum absolute atomic E-state index is 12.8. The van der Waals surface area contributed by atoms with Crippen LogP contribution in [-0.4, -0.2) is 27.1 Å². The van der Waals surface area contributed by atoms with Gasteiger partial charge in [0.2, 0.25) is 0 Å². The first-order valence-corrected chi connectivity index (χ1v) is 6.47. The van der Waals surface area contributed by atoms with Crippen LogP contribution in [0.25, 0.3) is 10.7 Å². The SMILES string of the molecule is FC1(F)CC1Cn1ccnc1-c1cccs1.O=CO. The fourth-order valence-corrected chi connectivity index (χ4v) is 2.53. The quantitative estimate of drug-likeness (QED) is 0.883. The predicted octanol–water partition coefficient (Wildman–Crippen LogP) is 2.97. The summed E-state index contributed by atoms with van der Waals surface area (Å²) in [7, 11) is 0. The van der Waals surface area contributed by atoms with E-state index in [1.54, 1.807) is 23.7 Å². The predicted molar refractivity (Wildman–Crippen MR) is 67.3 cm³/mol. The fraction of sp³-hybridized carbons (Fsp3) is 0.333. The molecule has 1 N–H and O–H groups in total. The zero-order chi connectivity index (χ0) is 13.9. The van der Waals surface area contributed by atoms with E-state index in [0.29, 0.717) is 6.54 Å². The van der Waals surface area contributed by atoms with Crippen LogP contribution in [0, 0.1) is 5.92 Å². The summed E-state index contributed by atoms with van der Waals surface area (Å²) in [6, 6.07) is 3.89. The second-order valence-electron chi connectivity index (χ2n) is 4.15. The molecule has 102 valence electrons. The Morgan fingerprint density at radius 3 is 2.84 bits per heavy atom. The maximum atomic E-state index is 12.8. The van der Waals surface area contributed by atoms with E-state index in [0.717, 1.165) is 10.7 Å². The highest BCUT2D eigenvalue weighted by atomic mass is 32.1. The van der Waals surface area contributed by atoms with Crippen LogP contribution in [0.4, 0.5) is 8.78 Å². The summed E-state index contributed by atoms with van der Waals surface area (Å²) in [4.78, 5) is 13.6. The van der Waals surface area contributed by atoms with E-state index in [4.69, 9.17) is 9.90 Å². The van der Waals surface area contributed by atoms with Crippen molar-refractivity contribution in [3.63, 3.8) is 0 Å². The standard InChI is InChI=1S/C11H10F2N2S.CH2O2/c12-11(13)6-8(11)7-15-4-3-14-10(15)9-2-1-5-16-9;2-1-3/h1-5,8H,6-7H2;1H,(H,2,3). The molecule has 0 spiro atoms. The van der Waals surface area contributed by atoms with Gasteiger partial charge in [-0.2, -0.15) is 0 Å². The Morgan fingerprint density at radius 1 is 1.63 bits per heavy atom. The molecule has 1 atom stereocenters. The van der Waals surface area contributed by atoms with Gasteiger partial charge in [0.25, 0.3) is 12.4 Å². The number of thiophene rings is 1. The number of nitrogens with zero attached hydrogens (tertiary/aromatic N) is 2. The molecule has 0 bridgehead atoms. The topological polar surface area (TPSA) is 55.1 Å². The van der Waals surface area contributed by atoms with Gasteiger partial charge >= 0.3 is 0 Å². The van der Waals surface area contributed by atoms with Crippen molar-refractivity contribution < 1.29 is 18.7 Å². The van der Waals surface area contributed by atoms with Crippen LogP contribution in [0.2, 0.25) is 0 Å².